The van der Waals surface area contributed by atoms with Gasteiger partial charge in [0.15, 0.2) is 0 Å². The number of aliphatic hydroxyl groups excluding tert-OH is 1. The lowest BCUT2D eigenvalue weighted by atomic mass is 9.89. The number of anilines is 2. The monoisotopic (exact) mass is 432 g/mol. The van der Waals surface area contributed by atoms with Crippen LogP contribution in [0, 0.1) is 11.3 Å². The van der Waals surface area contributed by atoms with Crippen molar-refractivity contribution in [3.8, 4) is 6.07 Å². The maximum absolute atomic E-state index is 12.7. The molecule has 0 radical (unpaired) electrons. The molecule has 1 aliphatic carbocycles. The Morgan fingerprint density at radius 2 is 1.93 bits per heavy atom. The van der Waals surface area contributed by atoms with Crippen molar-refractivity contribution >= 4 is 21.8 Å². The Balaban J connectivity index is 1.37. The minimum absolute atomic E-state index is 0.0247. The zero-order valence-corrected chi connectivity index (χ0v) is 17.4. The van der Waals surface area contributed by atoms with Crippen molar-refractivity contribution in [1.29, 1.82) is 5.26 Å². The van der Waals surface area contributed by atoms with E-state index in [-0.39, 0.29) is 23.1 Å². The van der Waals surface area contributed by atoms with Crippen molar-refractivity contribution < 1.29 is 13.5 Å². The Kier molecular flexibility index (Phi) is 5.59. The molecule has 0 aromatic carbocycles. The van der Waals surface area contributed by atoms with Crippen LogP contribution in [0.25, 0.3) is 0 Å². The van der Waals surface area contributed by atoms with E-state index in [1.165, 1.54) is 27.6 Å². The van der Waals surface area contributed by atoms with Crippen molar-refractivity contribution in [2.45, 2.75) is 48.8 Å². The molecule has 0 spiro atoms. The molecule has 2 aromatic heterocycles. The van der Waals surface area contributed by atoms with E-state index in [0.717, 1.165) is 0 Å². The molecule has 0 bridgehead atoms. The van der Waals surface area contributed by atoms with Gasteiger partial charge in [0.05, 0.1) is 18.5 Å². The smallest absolute Gasteiger partial charge is 0.246 e. The number of aromatic nitrogens is 4. The first kappa shape index (κ1) is 20.5. The third-order valence-corrected chi connectivity index (χ3v) is 7.32. The van der Waals surface area contributed by atoms with Crippen LogP contribution in [-0.4, -0.2) is 68.9 Å². The second-order valence-corrected chi connectivity index (χ2v) is 9.64. The van der Waals surface area contributed by atoms with E-state index in [4.69, 9.17) is 0 Å². The highest BCUT2D eigenvalue weighted by Gasteiger charge is 2.31. The number of aryl methyl sites for hydroxylation is 1. The minimum Gasteiger partial charge on any atom is -0.393 e. The van der Waals surface area contributed by atoms with Crippen LogP contribution in [0.1, 0.15) is 31.2 Å². The summed E-state index contributed by atoms with van der Waals surface area (Å²) in [6.45, 7) is 0.770. The van der Waals surface area contributed by atoms with Crippen LogP contribution >= 0.6 is 0 Å². The van der Waals surface area contributed by atoms with Gasteiger partial charge in [-0.1, -0.05) is 0 Å². The number of nitriles is 1. The van der Waals surface area contributed by atoms with Crippen LogP contribution in [0.4, 0.5) is 11.8 Å². The van der Waals surface area contributed by atoms with Crippen LogP contribution in [0.5, 0.6) is 0 Å². The van der Waals surface area contributed by atoms with E-state index in [1.54, 1.807) is 7.05 Å². The number of nitrogens with zero attached hydrogens (tertiary/aromatic N) is 6. The summed E-state index contributed by atoms with van der Waals surface area (Å²) in [5.74, 6) is 0.841. The minimum atomic E-state index is -3.54. The molecule has 12 heteroatoms. The third-order valence-electron chi connectivity index (χ3n) is 5.47. The van der Waals surface area contributed by atoms with Crippen molar-refractivity contribution in [2.75, 3.05) is 23.7 Å². The van der Waals surface area contributed by atoms with Gasteiger partial charge in [-0.2, -0.15) is 19.6 Å². The SMILES string of the molecule is Cn1cc(S(=O)(=O)N2CCC(Nc3ncc(C#N)c(N[C@H]4C[C@@H](O)C4)n3)CC2)cn1. The van der Waals surface area contributed by atoms with Crippen molar-refractivity contribution in [2.24, 2.45) is 7.05 Å². The Morgan fingerprint density at radius 3 is 2.53 bits per heavy atom. The fourth-order valence-electron chi connectivity index (χ4n) is 3.65. The number of hydrogen-bond acceptors (Lipinski definition) is 9. The molecule has 0 amide bonds. The first-order valence-electron chi connectivity index (χ1n) is 9.82. The fourth-order valence-corrected chi connectivity index (χ4v) is 5.10. The van der Waals surface area contributed by atoms with Gasteiger partial charge in [0, 0.05) is 38.4 Å². The van der Waals surface area contributed by atoms with Gasteiger partial charge >= 0.3 is 0 Å². The zero-order valence-electron chi connectivity index (χ0n) is 16.6. The number of aliphatic hydroxyl groups is 1. The highest BCUT2D eigenvalue weighted by atomic mass is 32.2. The number of rotatable bonds is 6. The molecule has 3 N–H and O–H groups in total. The molecule has 3 heterocycles. The van der Waals surface area contributed by atoms with E-state index < -0.39 is 10.0 Å². The topological polar surface area (TPSA) is 149 Å². The summed E-state index contributed by atoms with van der Waals surface area (Å²) in [6, 6.07) is 2.19. The van der Waals surface area contributed by atoms with Crippen LogP contribution in [0.3, 0.4) is 0 Å². The lowest BCUT2D eigenvalue weighted by Gasteiger charge is -2.33. The van der Waals surface area contributed by atoms with Crippen LogP contribution in [-0.2, 0) is 17.1 Å². The van der Waals surface area contributed by atoms with E-state index in [1.807, 2.05) is 0 Å². The Bertz CT molecular complexity index is 1050. The van der Waals surface area contributed by atoms with Gasteiger partial charge in [-0.25, -0.2) is 13.4 Å². The number of sulfonamides is 1. The molecule has 1 aliphatic heterocycles. The fraction of sp³-hybridized carbons (Fsp3) is 0.556. The van der Waals surface area contributed by atoms with Gasteiger partial charge < -0.3 is 15.7 Å². The Labute approximate surface area is 174 Å². The number of nitrogens with one attached hydrogen (secondary N) is 2. The molecule has 30 heavy (non-hydrogen) atoms. The molecule has 0 atom stereocenters. The summed E-state index contributed by atoms with van der Waals surface area (Å²) in [5, 5.41) is 29.1. The zero-order chi connectivity index (χ0) is 21.3. The summed E-state index contributed by atoms with van der Waals surface area (Å²) in [4.78, 5) is 8.83. The van der Waals surface area contributed by atoms with Crippen molar-refractivity contribution in [3.05, 3.63) is 24.2 Å². The average molecular weight is 433 g/mol. The molecule has 4 rings (SSSR count). The molecular weight excluding hydrogens is 408 g/mol. The molecule has 11 nitrogen and oxygen atoms in total. The maximum atomic E-state index is 12.7. The molecule has 160 valence electrons. The van der Waals surface area contributed by atoms with Crippen molar-refractivity contribution in [3.63, 3.8) is 0 Å². The van der Waals surface area contributed by atoms with E-state index >= 15 is 0 Å². The summed E-state index contributed by atoms with van der Waals surface area (Å²) in [6.07, 6.45) is 6.50. The van der Waals surface area contributed by atoms with Gasteiger partial charge in [-0.05, 0) is 25.7 Å². The van der Waals surface area contributed by atoms with Gasteiger partial charge in [-0.3, -0.25) is 4.68 Å². The quantitative estimate of drug-likeness (QED) is 0.585. The highest BCUT2D eigenvalue weighted by molar-refractivity contribution is 7.89. The number of hydrogen-bond donors (Lipinski definition) is 3. The van der Waals surface area contributed by atoms with Gasteiger partial charge in [0.1, 0.15) is 22.3 Å². The molecule has 0 unspecified atom stereocenters. The first-order valence-corrected chi connectivity index (χ1v) is 11.3. The normalized spacial score (nSPS) is 22.8. The first-order chi connectivity index (χ1) is 14.3. The summed E-state index contributed by atoms with van der Waals surface area (Å²) in [5.41, 5.74) is 0.347. The molecule has 2 aliphatic rings. The van der Waals surface area contributed by atoms with Crippen LogP contribution in [0.2, 0.25) is 0 Å². The van der Waals surface area contributed by atoms with Gasteiger partial charge in [0.2, 0.25) is 16.0 Å². The summed E-state index contributed by atoms with van der Waals surface area (Å²) in [7, 11) is -1.86. The van der Waals surface area contributed by atoms with Gasteiger partial charge in [0.25, 0.3) is 0 Å². The Hall–Kier alpha value is -2.75. The maximum Gasteiger partial charge on any atom is 0.246 e. The van der Waals surface area contributed by atoms with Crippen LogP contribution in [0.15, 0.2) is 23.5 Å². The summed E-state index contributed by atoms with van der Waals surface area (Å²) >= 11 is 0. The predicted octanol–water partition coefficient (Wildman–Crippen LogP) is 0.282. The van der Waals surface area contributed by atoms with Gasteiger partial charge in [-0.15, -0.1) is 0 Å². The largest absolute Gasteiger partial charge is 0.393 e. The predicted molar refractivity (Wildman–Crippen MR) is 108 cm³/mol. The third kappa shape index (κ3) is 4.23. The van der Waals surface area contributed by atoms with E-state index in [9.17, 15) is 18.8 Å². The lowest BCUT2D eigenvalue weighted by Crippen LogP contribution is -2.42. The lowest BCUT2D eigenvalue weighted by molar-refractivity contribution is 0.0835. The number of piperidine rings is 1. The standard InChI is InChI=1S/C18H24N8O3S/c1-25-11-16(10-21-25)30(28,29)26-4-2-13(3-5-26)23-18-20-9-12(8-19)17(24-18)22-14-6-15(27)7-14/h9-11,13-15,27H,2-7H2,1H3,(H2,20,22,23,24)/t14-,15+. The van der Waals surface area contributed by atoms with E-state index in [0.29, 0.717) is 56.1 Å². The van der Waals surface area contributed by atoms with E-state index in [2.05, 4.69) is 31.8 Å². The molecule has 2 fully saturated rings. The van der Waals surface area contributed by atoms with Crippen molar-refractivity contribution in [1.82, 2.24) is 24.1 Å². The van der Waals surface area contributed by atoms with Crippen LogP contribution < -0.4 is 10.6 Å². The molecule has 1 saturated heterocycles. The summed E-state index contributed by atoms with van der Waals surface area (Å²) < 4.78 is 28.4. The second kappa shape index (κ2) is 8.17. The Morgan fingerprint density at radius 1 is 1.20 bits per heavy atom. The molecular formula is C18H24N8O3S. The average Bonchev–Trinajstić information content (AvgIpc) is 3.15. The second-order valence-electron chi connectivity index (χ2n) is 7.71. The molecule has 1 saturated carbocycles. The molecule has 2 aromatic rings. The highest BCUT2D eigenvalue weighted by Crippen LogP contribution is 2.26.